The van der Waals surface area contributed by atoms with Gasteiger partial charge in [-0.25, -0.2) is 28.8 Å². The van der Waals surface area contributed by atoms with Crippen molar-refractivity contribution in [2.24, 2.45) is 0 Å². The summed E-state index contributed by atoms with van der Waals surface area (Å²) in [5, 5.41) is 57.3. The first kappa shape index (κ1) is 65.6. The predicted octanol–water partition coefficient (Wildman–Crippen LogP) is 16.1. The molecule has 0 unspecified atom stereocenters. The summed E-state index contributed by atoms with van der Waals surface area (Å²) in [7, 11) is 0. The van der Waals surface area contributed by atoms with Crippen LogP contribution in [-0.2, 0) is 22.4 Å². The minimum atomic E-state index is -1.07. The summed E-state index contributed by atoms with van der Waals surface area (Å²) in [6.07, 6.45) is -0.196. The molecule has 0 aromatic heterocycles. The Morgan fingerprint density at radius 3 is 0.940 bits per heavy atom. The fourth-order valence-electron chi connectivity index (χ4n) is 6.79. The highest BCUT2D eigenvalue weighted by Gasteiger charge is 2.13. The van der Waals surface area contributed by atoms with Crippen molar-refractivity contribution in [1.29, 1.82) is 0 Å². The first-order chi connectivity index (χ1) is 40.0. The lowest BCUT2D eigenvalue weighted by Crippen LogP contribution is -2.19. The lowest BCUT2D eigenvalue weighted by Gasteiger charge is -2.10. The molecule has 0 saturated carbocycles. The van der Waals surface area contributed by atoms with Crippen LogP contribution in [0, 0.1) is 0 Å². The molecule has 0 atom stereocenters. The molecule has 0 spiro atoms. The molecule has 8 rings (SSSR count). The van der Waals surface area contributed by atoms with E-state index in [-0.39, 0.29) is 34.0 Å². The zero-order valence-corrected chi connectivity index (χ0v) is 49.3. The Kier molecular flexibility index (Phi) is 25.8. The Bertz CT molecular complexity index is 3710. The quantitative estimate of drug-likeness (QED) is 0.0484. The average Bonchev–Trinajstić information content (AvgIpc) is 3.62. The number of carboxylic acids is 4. The fourth-order valence-corrected chi connectivity index (χ4v) is 8.26. The number of aromatic carboxylic acids is 2. The second kappa shape index (κ2) is 33.1. The summed E-state index contributed by atoms with van der Waals surface area (Å²) in [6, 6.07) is 47.5. The van der Waals surface area contributed by atoms with Gasteiger partial charge in [0.05, 0.1) is 66.8 Å². The SMILES string of the molecule is O=C(Nc1cccc(C(=O)O)c1)Nc1cccc(Cl)c1Cl.O=C(Nc1cccc(C(=O)O)c1)Nc1ccccc1Br.O=C(O)Cc1cccc(NC(=O)Nc2cccc(Cl)c2Cl)c1.O=C(O)Cc1cccc(NC(=O)Nc2ccccc2Br)c1. The van der Waals surface area contributed by atoms with Crippen molar-refractivity contribution < 1.29 is 58.8 Å². The van der Waals surface area contributed by atoms with Crippen molar-refractivity contribution in [1.82, 2.24) is 0 Å². The molecule has 84 heavy (non-hydrogen) atoms. The highest BCUT2D eigenvalue weighted by Crippen LogP contribution is 2.31. The van der Waals surface area contributed by atoms with Gasteiger partial charge in [0.15, 0.2) is 0 Å². The molecular weight excluding hydrogens is 1300 g/mol. The number of carboxylic acid groups (broad SMARTS) is 4. The number of carbonyl (C=O) groups is 8. The standard InChI is InChI=1S/C15H13BrN2O3.C15H12Cl2N2O3.C14H11BrN2O3.C14H10Cl2N2O3/c16-12-6-1-2-7-13(12)18-15(21)17-11-5-3-4-10(8-11)9-14(19)20;16-11-5-2-6-12(14(11)17)19-15(22)18-10-4-1-3-9(7-10)8-13(20)21;15-11-6-1-2-7-12(11)17-14(20)16-10-5-3-4-9(8-10)13(18)19;15-10-5-2-6-11(12(10)16)18-14(21)17-9-4-1-3-8(7-9)13(19)20/h1-8H,9H2,(H,19,20)(H2,17,18,21);1-7H,8H2,(H,20,21)(H2,18,19,22);1-8H,(H,18,19)(H2,16,17,20);1-7H,(H,19,20)(H2,17,18,21). The number of carbonyl (C=O) groups excluding carboxylic acids is 4. The number of benzene rings is 8. The number of para-hydroxylation sites is 2. The molecule has 12 N–H and O–H groups in total. The summed E-state index contributed by atoms with van der Waals surface area (Å²) in [5.74, 6) is -3.96. The highest BCUT2D eigenvalue weighted by atomic mass is 79.9. The Labute approximate surface area is 515 Å². The van der Waals surface area contributed by atoms with Crippen LogP contribution in [-0.4, -0.2) is 68.4 Å². The molecule has 0 fully saturated rings. The summed E-state index contributed by atoms with van der Waals surface area (Å²) in [6.45, 7) is 0. The number of aliphatic carboxylic acids is 2. The maximum absolute atomic E-state index is 11.9. The summed E-state index contributed by atoms with van der Waals surface area (Å²) in [4.78, 5) is 90.6. The Hall–Kier alpha value is -9.16. The number of halogens is 6. The summed E-state index contributed by atoms with van der Waals surface area (Å²) >= 11 is 30.3. The molecular formula is C58H46Br2Cl4N8O12. The smallest absolute Gasteiger partial charge is 0.335 e. The lowest BCUT2D eigenvalue weighted by atomic mass is 10.1. The van der Waals surface area contributed by atoms with Gasteiger partial charge in [0.2, 0.25) is 0 Å². The van der Waals surface area contributed by atoms with E-state index in [1.807, 2.05) is 24.3 Å². The van der Waals surface area contributed by atoms with Crippen LogP contribution in [0.2, 0.25) is 20.1 Å². The van der Waals surface area contributed by atoms with Gasteiger partial charge in [-0.2, -0.15) is 0 Å². The molecule has 0 radical (unpaired) electrons. The molecule has 26 heteroatoms. The third-order valence-electron chi connectivity index (χ3n) is 10.5. The van der Waals surface area contributed by atoms with Crippen molar-refractivity contribution in [2.75, 3.05) is 42.5 Å². The Morgan fingerprint density at radius 1 is 0.333 bits per heavy atom. The van der Waals surface area contributed by atoms with Crippen LogP contribution in [0.3, 0.4) is 0 Å². The third kappa shape index (κ3) is 22.6. The Balaban J connectivity index is 0.000000205. The average molecular weight is 1350 g/mol. The first-order valence-electron chi connectivity index (χ1n) is 24.0. The van der Waals surface area contributed by atoms with Gasteiger partial charge in [0, 0.05) is 31.7 Å². The molecule has 432 valence electrons. The summed E-state index contributed by atoms with van der Waals surface area (Å²) < 4.78 is 1.54. The number of hydrogen-bond acceptors (Lipinski definition) is 8. The van der Waals surface area contributed by atoms with E-state index in [9.17, 15) is 38.4 Å². The molecule has 0 aliphatic rings. The van der Waals surface area contributed by atoms with E-state index in [1.165, 1.54) is 30.3 Å². The largest absolute Gasteiger partial charge is 0.481 e. The predicted molar refractivity (Wildman–Crippen MR) is 334 cm³/mol. The van der Waals surface area contributed by atoms with Crippen molar-refractivity contribution >= 4 is 172 Å². The number of hydrogen-bond donors (Lipinski definition) is 12. The summed E-state index contributed by atoms with van der Waals surface area (Å²) in [5.41, 5.74) is 5.21. The molecule has 0 bridgehead atoms. The Morgan fingerprint density at radius 2 is 0.619 bits per heavy atom. The molecule has 0 heterocycles. The van der Waals surface area contributed by atoms with Gasteiger partial charge >= 0.3 is 48.0 Å². The van der Waals surface area contributed by atoms with Gasteiger partial charge < -0.3 is 63.0 Å². The number of anilines is 8. The van der Waals surface area contributed by atoms with E-state index in [4.69, 9.17) is 66.8 Å². The minimum absolute atomic E-state index is 0.0774. The van der Waals surface area contributed by atoms with Crippen LogP contribution in [0.1, 0.15) is 31.8 Å². The molecule has 0 aliphatic heterocycles. The number of rotatable bonds is 14. The number of urea groups is 4. The van der Waals surface area contributed by atoms with Gasteiger partial charge in [-0.15, -0.1) is 0 Å². The van der Waals surface area contributed by atoms with Gasteiger partial charge in [0.25, 0.3) is 0 Å². The second-order valence-corrected chi connectivity index (χ2v) is 20.1. The number of nitrogens with one attached hydrogen (secondary N) is 8. The second-order valence-electron chi connectivity index (χ2n) is 16.8. The van der Waals surface area contributed by atoms with Crippen molar-refractivity contribution in [3.05, 3.63) is 233 Å². The lowest BCUT2D eigenvalue weighted by molar-refractivity contribution is -0.137. The molecule has 0 aliphatic carbocycles. The van der Waals surface area contributed by atoms with E-state index < -0.39 is 48.0 Å². The van der Waals surface area contributed by atoms with Gasteiger partial charge in [-0.1, -0.05) is 119 Å². The minimum Gasteiger partial charge on any atom is -0.481 e. The van der Waals surface area contributed by atoms with E-state index in [0.29, 0.717) is 66.7 Å². The zero-order valence-electron chi connectivity index (χ0n) is 43.1. The van der Waals surface area contributed by atoms with E-state index in [2.05, 4.69) is 74.4 Å². The number of amides is 8. The highest BCUT2D eigenvalue weighted by molar-refractivity contribution is 9.11. The monoisotopic (exact) mass is 1340 g/mol. The molecule has 8 aromatic rings. The van der Waals surface area contributed by atoms with Gasteiger partial charge in [-0.3, -0.25) is 9.59 Å². The van der Waals surface area contributed by atoms with Gasteiger partial charge in [0.1, 0.15) is 0 Å². The topological polar surface area (TPSA) is 314 Å². The van der Waals surface area contributed by atoms with Crippen LogP contribution in [0.4, 0.5) is 64.7 Å². The van der Waals surface area contributed by atoms with Crippen molar-refractivity contribution in [3.63, 3.8) is 0 Å². The van der Waals surface area contributed by atoms with Crippen LogP contribution < -0.4 is 42.5 Å². The molecule has 8 amide bonds. The van der Waals surface area contributed by atoms with Crippen molar-refractivity contribution in [3.8, 4) is 0 Å². The molecule has 8 aromatic carbocycles. The van der Waals surface area contributed by atoms with Crippen LogP contribution >= 0.6 is 78.3 Å². The van der Waals surface area contributed by atoms with E-state index >= 15 is 0 Å². The van der Waals surface area contributed by atoms with E-state index in [1.54, 1.807) is 127 Å². The third-order valence-corrected chi connectivity index (χ3v) is 13.5. The van der Waals surface area contributed by atoms with Crippen LogP contribution in [0.15, 0.2) is 191 Å². The van der Waals surface area contributed by atoms with Crippen LogP contribution in [0.5, 0.6) is 0 Å². The van der Waals surface area contributed by atoms with Crippen LogP contribution in [0.25, 0.3) is 0 Å². The van der Waals surface area contributed by atoms with Gasteiger partial charge in [-0.05, 0) is 152 Å². The maximum Gasteiger partial charge on any atom is 0.335 e. The fraction of sp³-hybridized carbons (Fsp3) is 0.0345. The molecule has 0 saturated heterocycles. The van der Waals surface area contributed by atoms with E-state index in [0.717, 1.165) is 8.95 Å². The zero-order chi connectivity index (χ0) is 61.3. The maximum atomic E-state index is 11.9. The first-order valence-corrected chi connectivity index (χ1v) is 27.1. The molecule has 20 nitrogen and oxygen atoms in total. The normalized spacial score (nSPS) is 9.98. The van der Waals surface area contributed by atoms with Crippen molar-refractivity contribution in [2.45, 2.75) is 12.8 Å².